The van der Waals surface area contributed by atoms with Gasteiger partial charge in [-0.2, -0.15) is 5.10 Å². The quantitative estimate of drug-likeness (QED) is 0.401. The third-order valence-corrected chi connectivity index (χ3v) is 8.91. The van der Waals surface area contributed by atoms with Gasteiger partial charge in [-0.25, -0.2) is 8.78 Å². The molecule has 0 spiro atoms. The van der Waals surface area contributed by atoms with Crippen molar-refractivity contribution in [3.8, 4) is 0 Å². The van der Waals surface area contributed by atoms with Crippen molar-refractivity contribution < 1.29 is 13.5 Å². The Hall–Kier alpha value is -2.52. The molecule has 2 aromatic rings. The standard InChI is InChI=1S/C15H23B2F2NO.C13H17N5/c1-13-6-2-3-12(13)9-20(10-13)15(16,17)14(18,19)11-4-7-21-8-5-11;1-8-9(11(14)4-6-13(15)16)3-5-12-10(8)7-18(2)17-12/h11-12H,2-10H2,1H3;3-7H,14-16H2,1-2H3/b;11-4-. The van der Waals surface area contributed by atoms with Crippen LogP contribution in [0.4, 0.5) is 8.78 Å². The van der Waals surface area contributed by atoms with E-state index in [0.29, 0.717) is 50.8 Å². The highest BCUT2D eigenvalue weighted by atomic mass is 19.3. The summed E-state index contributed by atoms with van der Waals surface area (Å²) in [4.78, 5) is 1.65. The minimum Gasteiger partial charge on any atom is -0.398 e. The van der Waals surface area contributed by atoms with E-state index in [2.05, 4.69) is 12.0 Å². The maximum absolute atomic E-state index is 14.9. The summed E-state index contributed by atoms with van der Waals surface area (Å²) in [5, 5.41) is 3.39. The van der Waals surface area contributed by atoms with Crippen LogP contribution in [-0.2, 0) is 11.8 Å². The van der Waals surface area contributed by atoms with E-state index in [4.69, 9.17) is 37.6 Å². The van der Waals surface area contributed by atoms with Crippen molar-refractivity contribution in [1.29, 1.82) is 0 Å². The molecule has 208 valence electrons. The molecule has 1 aromatic carbocycles. The maximum atomic E-state index is 14.9. The third kappa shape index (κ3) is 5.85. The fourth-order valence-electron chi connectivity index (χ4n) is 6.41. The first-order chi connectivity index (χ1) is 18.3. The van der Waals surface area contributed by atoms with Gasteiger partial charge in [-0.15, -0.1) is 0 Å². The first kappa shape index (κ1) is 29.5. The number of ether oxygens (including phenoxy) is 1. The number of aryl methyl sites for hydroxylation is 2. The van der Waals surface area contributed by atoms with Crippen LogP contribution in [0.1, 0.15) is 50.2 Å². The minimum absolute atomic E-state index is 0.107. The summed E-state index contributed by atoms with van der Waals surface area (Å²) in [7, 11) is 13.9. The molecule has 1 aliphatic carbocycles. The number of rotatable bonds is 5. The van der Waals surface area contributed by atoms with E-state index >= 15 is 0 Å². The first-order valence-corrected chi connectivity index (χ1v) is 13.7. The summed E-state index contributed by atoms with van der Waals surface area (Å²) >= 11 is 0. The van der Waals surface area contributed by atoms with E-state index in [9.17, 15) is 8.78 Å². The van der Waals surface area contributed by atoms with Crippen molar-refractivity contribution in [2.24, 2.45) is 41.5 Å². The molecule has 0 amide bonds. The zero-order valence-electron chi connectivity index (χ0n) is 23.3. The van der Waals surface area contributed by atoms with E-state index in [1.807, 2.05) is 32.3 Å². The molecule has 4 radical (unpaired) electrons. The number of alkyl halides is 2. The third-order valence-electron chi connectivity index (χ3n) is 8.91. The van der Waals surface area contributed by atoms with Crippen LogP contribution < -0.4 is 17.2 Å². The molecule has 5 rings (SSSR count). The highest BCUT2D eigenvalue weighted by Crippen LogP contribution is 2.52. The Morgan fingerprint density at radius 2 is 1.85 bits per heavy atom. The van der Waals surface area contributed by atoms with Gasteiger partial charge in [0.2, 0.25) is 0 Å². The van der Waals surface area contributed by atoms with E-state index < -0.39 is 17.2 Å². The van der Waals surface area contributed by atoms with E-state index in [1.54, 1.807) is 21.7 Å². The second-order valence-corrected chi connectivity index (χ2v) is 11.7. The van der Waals surface area contributed by atoms with Crippen molar-refractivity contribution in [3.05, 3.63) is 47.4 Å². The van der Waals surface area contributed by atoms with Crippen LogP contribution in [0.25, 0.3) is 16.6 Å². The lowest BCUT2D eigenvalue weighted by molar-refractivity contribution is -0.137. The van der Waals surface area contributed by atoms with Crippen LogP contribution in [0.3, 0.4) is 0 Å². The number of nitrogens with two attached hydrogens (primary N) is 3. The Bertz CT molecular complexity index is 1240. The van der Waals surface area contributed by atoms with Crippen molar-refractivity contribution >= 4 is 32.3 Å². The Morgan fingerprint density at radius 1 is 1.15 bits per heavy atom. The molecule has 6 N–H and O–H groups in total. The van der Waals surface area contributed by atoms with Crippen molar-refractivity contribution in [2.75, 3.05) is 26.3 Å². The lowest BCUT2D eigenvalue weighted by Crippen LogP contribution is -2.64. The lowest BCUT2D eigenvalue weighted by Gasteiger charge is -2.48. The number of likely N-dealkylation sites (tertiary alicyclic amines) is 1. The molecule has 2 unspecified atom stereocenters. The van der Waals surface area contributed by atoms with Crippen molar-refractivity contribution in [3.63, 3.8) is 0 Å². The van der Waals surface area contributed by atoms with Gasteiger partial charge in [-0.3, -0.25) is 4.68 Å². The molecule has 11 heteroatoms. The Labute approximate surface area is 233 Å². The summed E-state index contributed by atoms with van der Waals surface area (Å²) in [5.41, 5.74) is 20.5. The summed E-state index contributed by atoms with van der Waals surface area (Å²) in [6.07, 6.45) is 9.32. The molecule has 3 heterocycles. The van der Waals surface area contributed by atoms with Crippen LogP contribution in [-0.4, -0.2) is 67.9 Å². The van der Waals surface area contributed by atoms with Gasteiger partial charge in [0.15, 0.2) is 0 Å². The van der Waals surface area contributed by atoms with Crippen LogP contribution in [0.15, 0.2) is 36.3 Å². The smallest absolute Gasteiger partial charge is 0.253 e. The molecule has 0 bridgehead atoms. The maximum Gasteiger partial charge on any atom is 0.253 e. The molecule has 2 saturated heterocycles. The summed E-state index contributed by atoms with van der Waals surface area (Å²) in [6.45, 7) is 6.14. The molecule has 2 aliphatic heterocycles. The van der Waals surface area contributed by atoms with Crippen LogP contribution in [0, 0.1) is 24.2 Å². The summed E-state index contributed by atoms with van der Waals surface area (Å²) in [5.74, 6) is -3.19. The number of hydrogen-bond donors (Lipinski definition) is 3. The van der Waals surface area contributed by atoms with Gasteiger partial charge >= 0.3 is 0 Å². The predicted octanol–water partition coefficient (Wildman–Crippen LogP) is 3.10. The molecule has 7 nitrogen and oxygen atoms in total. The summed E-state index contributed by atoms with van der Waals surface area (Å²) < 4.78 is 36.8. The second-order valence-electron chi connectivity index (χ2n) is 11.7. The number of aromatic nitrogens is 2. The van der Waals surface area contributed by atoms with Gasteiger partial charge < -0.3 is 26.8 Å². The Morgan fingerprint density at radius 3 is 2.49 bits per heavy atom. The van der Waals surface area contributed by atoms with Crippen molar-refractivity contribution in [1.82, 2.24) is 14.7 Å². The van der Waals surface area contributed by atoms with Crippen molar-refractivity contribution in [2.45, 2.75) is 57.2 Å². The summed E-state index contributed by atoms with van der Waals surface area (Å²) in [6, 6.07) is 3.91. The average Bonchev–Trinajstić information content (AvgIpc) is 3.54. The van der Waals surface area contributed by atoms with Gasteiger partial charge in [-0.1, -0.05) is 19.4 Å². The number of benzene rings is 1. The SMILES string of the molecule is Cc1c(/C(N)=C/C=C(N)N)ccc2nn(C)cc12.[B]C([B])(N1CC2CCCC2(C)C1)C(F)(F)C1CCOCC1. The van der Waals surface area contributed by atoms with Gasteiger partial charge in [-0.05, 0) is 67.7 Å². The molecular formula is C28H40B2F2N6O. The second kappa shape index (κ2) is 11.2. The molecule has 3 fully saturated rings. The normalized spacial score (nSPS) is 24.8. The molecule has 1 aromatic heterocycles. The van der Waals surface area contributed by atoms with Gasteiger partial charge in [0.05, 0.1) is 27.0 Å². The number of hydrogen-bond acceptors (Lipinski definition) is 6. The lowest BCUT2D eigenvalue weighted by atomic mass is 9.54. The van der Waals surface area contributed by atoms with Crippen LogP contribution in [0.2, 0.25) is 0 Å². The highest BCUT2D eigenvalue weighted by molar-refractivity contribution is 6.40. The average molecular weight is 536 g/mol. The number of fused-ring (bicyclic) bond motifs is 2. The van der Waals surface area contributed by atoms with E-state index in [-0.39, 0.29) is 11.2 Å². The number of nitrogens with zero attached hydrogens (tertiary/aromatic N) is 3. The fraction of sp³-hybridized carbons (Fsp3) is 0.607. The number of halogens is 2. The van der Waals surface area contributed by atoms with Gasteiger partial charge in [0.1, 0.15) is 0 Å². The molecule has 3 aliphatic rings. The molecule has 39 heavy (non-hydrogen) atoms. The van der Waals surface area contributed by atoms with E-state index in [1.165, 1.54) is 6.42 Å². The fourth-order valence-corrected chi connectivity index (χ4v) is 6.41. The topological polar surface area (TPSA) is 108 Å². The largest absolute Gasteiger partial charge is 0.398 e. The number of allylic oxidation sites excluding steroid dienone is 2. The highest BCUT2D eigenvalue weighted by Gasteiger charge is 2.58. The first-order valence-electron chi connectivity index (χ1n) is 13.7. The monoisotopic (exact) mass is 536 g/mol. The Balaban J connectivity index is 0.000000183. The molecular weight excluding hydrogens is 496 g/mol. The predicted molar refractivity (Wildman–Crippen MR) is 154 cm³/mol. The zero-order chi connectivity index (χ0) is 28.6. The van der Waals surface area contributed by atoms with E-state index in [0.717, 1.165) is 34.9 Å². The van der Waals surface area contributed by atoms with Gasteiger partial charge in [0.25, 0.3) is 5.92 Å². The molecule has 1 saturated carbocycles. The van der Waals surface area contributed by atoms with Crippen LogP contribution >= 0.6 is 0 Å². The van der Waals surface area contributed by atoms with Gasteiger partial charge in [0, 0.05) is 67.5 Å². The molecule has 2 atom stereocenters. The zero-order valence-corrected chi connectivity index (χ0v) is 23.3. The van der Waals surface area contributed by atoms with Crippen LogP contribution in [0.5, 0.6) is 0 Å². The minimum atomic E-state index is -3.09. The Kier molecular flexibility index (Phi) is 8.43.